The van der Waals surface area contributed by atoms with Crippen molar-refractivity contribution in [3.05, 3.63) is 53.1 Å². The SMILES string of the molecule is C#Cc1cnc(C(=O)Nc2ccc(C3(N)CCOCC3)cc2C2=CCC(C)(C)CC2)[nH]1. The van der Waals surface area contributed by atoms with E-state index in [0.29, 0.717) is 24.3 Å². The van der Waals surface area contributed by atoms with E-state index in [-0.39, 0.29) is 11.7 Å². The number of benzene rings is 1. The fourth-order valence-corrected chi connectivity index (χ4v) is 4.27. The minimum atomic E-state index is -0.410. The number of hydrogen-bond donors (Lipinski definition) is 3. The van der Waals surface area contributed by atoms with Crippen LogP contribution >= 0.6 is 0 Å². The van der Waals surface area contributed by atoms with Gasteiger partial charge in [-0.2, -0.15) is 0 Å². The third-order valence-corrected chi connectivity index (χ3v) is 6.49. The van der Waals surface area contributed by atoms with Crippen molar-refractivity contribution in [2.24, 2.45) is 11.1 Å². The second-order valence-electron chi connectivity index (χ2n) is 9.37. The van der Waals surface area contributed by atoms with Crippen LogP contribution in [0.25, 0.3) is 5.57 Å². The molecule has 1 saturated heterocycles. The summed E-state index contributed by atoms with van der Waals surface area (Å²) in [5, 5.41) is 3.02. The van der Waals surface area contributed by atoms with Gasteiger partial charge in [-0.3, -0.25) is 4.79 Å². The molecular weight excluding hydrogens is 388 g/mol. The summed E-state index contributed by atoms with van der Waals surface area (Å²) in [6.07, 6.45) is 13.8. The molecule has 6 nitrogen and oxygen atoms in total. The lowest BCUT2D eigenvalue weighted by Crippen LogP contribution is -2.42. The number of allylic oxidation sites excluding steroid dienone is 2. The lowest BCUT2D eigenvalue weighted by Gasteiger charge is -2.35. The van der Waals surface area contributed by atoms with Gasteiger partial charge in [0.1, 0.15) is 5.69 Å². The number of hydrogen-bond acceptors (Lipinski definition) is 4. The molecule has 1 aromatic carbocycles. The molecule has 1 aliphatic heterocycles. The first-order chi connectivity index (χ1) is 14.8. The van der Waals surface area contributed by atoms with Crippen molar-refractivity contribution in [3.8, 4) is 12.3 Å². The molecule has 31 heavy (non-hydrogen) atoms. The first-order valence-electron chi connectivity index (χ1n) is 10.8. The Kier molecular flexibility index (Phi) is 5.74. The van der Waals surface area contributed by atoms with Gasteiger partial charge in [-0.15, -0.1) is 6.42 Å². The first-order valence-corrected chi connectivity index (χ1v) is 10.8. The van der Waals surface area contributed by atoms with Crippen LogP contribution in [0.2, 0.25) is 0 Å². The summed E-state index contributed by atoms with van der Waals surface area (Å²) in [5.41, 5.74) is 11.2. The summed E-state index contributed by atoms with van der Waals surface area (Å²) in [4.78, 5) is 19.7. The fourth-order valence-electron chi connectivity index (χ4n) is 4.27. The number of aromatic amines is 1. The van der Waals surface area contributed by atoms with E-state index in [1.807, 2.05) is 12.1 Å². The van der Waals surface area contributed by atoms with E-state index in [0.717, 1.165) is 48.9 Å². The van der Waals surface area contributed by atoms with Gasteiger partial charge in [-0.05, 0) is 60.8 Å². The molecule has 0 bridgehead atoms. The second kappa shape index (κ2) is 8.33. The summed E-state index contributed by atoms with van der Waals surface area (Å²) in [7, 11) is 0. The Hall–Kier alpha value is -2.88. The zero-order valence-corrected chi connectivity index (χ0v) is 18.3. The maximum atomic E-state index is 12.8. The van der Waals surface area contributed by atoms with E-state index in [4.69, 9.17) is 16.9 Å². The van der Waals surface area contributed by atoms with Gasteiger partial charge in [0.05, 0.1) is 6.20 Å². The number of nitrogens with zero attached hydrogens (tertiary/aromatic N) is 1. The lowest BCUT2D eigenvalue weighted by atomic mass is 9.76. The number of nitrogens with two attached hydrogens (primary N) is 1. The van der Waals surface area contributed by atoms with Crippen LogP contribution in [0.1, 0.15) is 73.4 Å². The van der Waals surface area contributed by atoms with Gasteiger partial charge in [-0.1, -0.05) is 31.9 Å². The van der Waals surface area contributed by atoms with Crippen LogP contribution in [0.15, 0.2) is 30.5 Å². The Bertz CT molecular complexity index is 1050. The topological polar surface area (TPSA) is 93.0 Å². The molecule has 6 heteroatoms. The van der Waals surface area contributed by atoms with E-state index >= 15 is 0 Å². The van der Waals surface area contributed by atoms with Crippen LogP contribution in [0.3, 0.4) is 0 Å². The van der Waals surface area contributed by atoms with Gasteiger partial charge in [0.15, 0.2) is 5.82 Å². The molecule has 0 spiro atoms. The number of nitrogens with one attached hydrogen (secondary N) is 2. The van der Waals surface area contributed by atoms with Crippen molar-refractivity contribution < 1.29 is 9.53 Å². The summed E-state index contributed by atoms with van der Waals surface area (Å²) >= 11 is 0. The number of terminal acetylenes is 1. The lowest BCUT2D eigenvalue weighted by molar-refractivity contribution is 0.0522. The van der Waals surface area contributed by atoms with Crippen LogP contribution in [-0.4, -0.2) is 29.1 Å². The maximum absolute atomic E-state index is 12.8. The molecule has 1 amide bonds. The Morgan fingerprint density at radius 2 is 2.06 bits per heavy atom. The monoisotopic (exact) mass is 418 g/mol. The number of H-pyrrole nitrogens is 1. The first kappa shape index (κ1) is 21.4. The predicted molar refractivity (Wildman–Crippen MR) is 122 cm³/mol. The Morgan fingerprint density at radius 3 is 2.71 bits per heavy atom. The van der Waals surface area contributed by atoms with E-state index in [9.17, 15) is 4.79 Å². The molecule has 0 atom stereocenters. The van der Waals surface area contributed by atoms with Crippen molar-refractivity contribution >= 4 is 17.2 Å². The van der Waals surface area contributed by atoms with Crippen molar-refractivity contribution in [1.29, 1.82) is 0 Å². The quantitative estimate of drug-likeness (QED) is 0.649. The van der Waals surface area contributed by atoms with Crippen molar-refractivity contribution in [3.63, 3.8) is 0 Å². The maximum Gasteiger partial charge on any atom is 0.291 e. The summed E-state index contributed by atoms with van der Waals surface area (Å²) < 4.78 is 5.52. The normalized spacial score (nSPS) is 19.9. The van der Waals surface area contributed by atoms with Crippen LogP contribution in [0, 0.1) is 17.8 Å². The average Bonchev–Trinajstić information content (AvgIpc) is 3.24. The summed E-state index contributed by atoms with van der Waals surface area (Å²) in [6, 6.07) is 6.13. The summed E-state index contributed by atoms with van der Waals surface area (Å²) in [6.45, 7) is 5.90. The molecule has 4 N–H and O–H groups in total. The largest absolute Gasteiger partial charge is 0.381 e. The number of aromatic nitrogens is 2. The Morgan fingerprint density at radius 1 is 1.29 bits per heavy atom. The van der Waals surface area contributed by atoms with Crippen LogP contribution in [0.4, 0.5) is 5.69 Å². The van der Waals surface area contributed by atoms with E-state index in [1.165, 1.54) is 11.8 Å². The van der Waals surface area contributed by atoms with E-state index in [2.05, 4.69) is 47.2 Å². The molecule has 1 aromatic heterocycles. The Labute approximate surface area is 183 Å². The molecule has 0 radical (unpaired) electrons. The van der Waals surface area contributed by atoms with E-state index in [1.54, 1.807) is 0 Å². The van der Waals surface area contributed by atoms with Crippen molar-refractivity contribution in [2.75, 3.05) is 18.5 Å². The molecule has 2 aliphatic rings. The highest BCUT2D eigenvalue weighted by atomic mass is 16.5. The molecule has 4 rings (SSSR count). The smallest absolute Gasteiger partial charge is 0.291 e. The predicted octanol–water partition coefficient (Wildman–Crippen LogP) is 4.20. The third-order valence-electron chi connectivity index (χ3n) is 6.49. The molecular formula is C25H30N4O2. The summed E-state index contributed by atoms with van der Waals surface area (Å²) in [5.74, 6) is 2.33. The highest BCUT2D eigenvalue weighted by Gasteiger charge is 2.31. The van der Waals surface area contributed by atoms with Gasteiger partial charge in [0.2, 0.25) is 0 Å². The van der Waals surface area contributed by atoms with Gasteiger partial charge in [0.25, 0.3) is 5.91 Å². The van der Waals surface area contributed by atoms with Gasteiger partial charge < -0.3 is 20.8 Å². The average molecular weight is 419 g/mol. The minimum absolute atomic E-state index is 0.196. The number of anilines is 1. The highest BCUT2D eigenvalue weighted by Crippen LogP contribution is 2.41. The van der Waals surface area contributed by atoms with E-state index < -0.39 is 5.54 Å². The Balaban J connectivity index is 1.69. The number of rotatable bonds is 4. The minimum Gasteiger partial charge on any atom is -0.381 e. The van der Waals surface area contributed by atoms with Gasteiger partial charge in [0, 0.05) is 30.0 Å². The molecule has 2 heterocycles. The van der Waals surface area contributed by atoms with Gasteiger partial charge >= 0.3 is 0 Å². The number of carbonyl (C=O) groups excluding carboxylic acids is 1. The molecule has 0 saturated carbocycles. The third kappa shape index (κ3) is 4.58. The molecule has 0 unspecified atom stereocenters. The molecule has 1 fully saturated rings. The number of imidazole rings is 1. The molecule has 2 aromatic rings. The highest BCUT2D eigenvalue weighted by molar-refractivity contribution is 6.03. The molecule has 162 valence electrons. The van der Waals surface area contributed by atoms with Crippen molar-refractivity contribution in [2.45, 2.75) is 51.5 Å². The molecule has 1 aliphatic carbocycles. The number of ether oxygens (including phenoxy) is 1. The van der Waals surface area contributed by atoms with Crippen LogP contribution in [-0.2, 0) is 10.3 Å². The zero-order chi connectivity index (χ0) is 22.1. The fraction of sp³-hybridized carbons (Fsp3) is 0.440. The second-order valence-corrected chi connectivity index (χ2v) is 9.37. The van der Waals surface area contributed by atoms with Crippen LogP contribution in [0.5, 0.6) is 0 Å². The number of amides is 1. The zero-order valence-electron chi connectivity index (χ0n) is 18.3. The van der Waals surface area contributed by atoms with Crippen LogP contribution < -0.4 is 11.1 Å². The van der Waals surface area contributed by atoms with Crippen molar-refractivity contribution in [1.82, 2.24) is 9.97 Å². The van der Waals surface area contributed by atoms with Gasteiger partial charge in [-0.25, -0.2) is 4.98 Å². The standard InChI is InChI=1S/C25H30N4O2/c1-4-19-16-27-22(28-19)23(30)29-21-6-5-18(25(26)11-13-31-14-12-25)15-20(21)17-7-9-24(2,3)10-8-17/h1,5-7,15-16H,8-14,26H2,2-3H3,(H,27,28)(H,29,30). The number of carbonyl (C=O) groups is 1.